The Bertz CT molecular complexity index is 1300. The van der Waals surface area contributed by atoms with Gasteiger partial charge in [-0.3, -0.25) is 9.59 Å². The molecule has 2 N–H and O–H groups in total. The molecule has 168 valence electrons. The van der Waals surface area contributed by atoms with Crippen molar-refractivity contribution >= 4 is 56.6 Å². The van der Waals surface area contributed by atoms with E-state index in [0.717, 1.165) is 15.6 Å². The minimum Gasteiger partial charge on any atom is -0.496 e. The minimum absolute atomic E-state index is 0.128. The van der Waals surface area contributed by atoms with E-state index in [1.807, 2.05) is 42.5 Å². The average molecular weight is 546 g/mol. The second-order valence-corrected chi connectivity index (χ2v) is 10.0. The number of halogens is 3. The normalized spacial score (nSPS) is 23.8. The molecule has 5 nitrogen and oxygen atoms in total. The van der Waals surface area contributed by atoms with Gasteiger partial charge in [-0.2, -0.15) is 0 Å². The number of ether oxygens (including phenoxy) is 1. The fraction of sp³-hybridized carbons (Fsp3) is 0.200. The van der Waals surface area contributed by atoms with Crippen LogP contribution >= 0.6 is 39.1 Å². The third kappa shape index (κ3) is 3.52. The lowest BCUT2D eigenvalue weighted by atomic mass is 9.59. The van der Waals surface area contributed by atoms with Gasteiger partial charge in [0.05, 0.1) is 13.2 Å². The molecule has 8 heteroatoms. The fourth-order valence-electron chi connectivity index (χ4n) is 5.20. The van der Waals surface area contributed by atoms with E-state index in [4.69, 9.17) is 27.9 Å². The number of methoxy groups -OCH3 is 1. The molecule has 0 aliphatic carbocycles. The van der Waals surface area contributed by atoms with E-state index < -0.39 is 17.4 Å². The molecule has 1 saturated heterocycles. The number of anilines is 1. The number of rotatable bonds is 3. The molecule has 0 bridgehead atoms. The van der Waals surface area contributed by atoms with Gasteiger partial charge in [-0.05, 0) is 53.6 Å². The van der Waals surface area contributed by atoms with Crippen LogP contribution in [0.3, 0.4) is 0 Å². The van der Waals surface area contributed by atoms with Gasteiger partial charge in [0, 0.05) is 38.1 Å². The van der Waals surface area contributed by atoms with Gasteiger partial charge in [0.15, 0.2) is 0 Å². The lowest BCUT2D eigenvalue weighted by Crippen LogP contribution is -2.56. The van der Waals surface area contributed by atoms with Gasteiger partial charge in [0.25, 0.3) is 0 Å². The van der Waals surface area contributed by atoms with Gasteiger partial charge in [-0.15, -0.1) is 0 Å². The van der Waals surface area contributed by atoms with Gasteiger partial charge in [-0.1, -0.05) is 57.3 Å². The largest absolute Gasteiger partial charge is 0.496 e. The van der Waals surface area contributed by atoms with Gasteiger partial charge in [-0.25, -0.2) is 0 Å². The van der Waals surface area contributed by atoms with Crippen molar-refractivity contribution < 1.29 is 14.3 Å². The molecule has 0 aromatic heterocycles. The summed E-state index contributed by atoms with van der Waals surface area (Å²) in [5, 5.41) is 7.18. The molecule has 3 aromatic rings. The molecule has 0 radical (unpaired) electrons. The molecule has 0 unspecified atom stereocenters. The summed E-state index contributed by atoms with van der Waals surface area (Å²) in [6.45, 7) is 0. The van der Waals surface area contributed by atoms with E-state index in [0.29, 0.717) is 27.0 Å². The van der Waals surface area contributed by atoms with Crippen molar-refractivity contribution in [1.82, 2.24) is 5.32 Å². The highest BCUT2D eigenvalue weighted by Crippen LogP contribution is 2.58. The second-order valence-electron chi connectivity index (χ2n) is 8.21. The molecule has 3 aromatic carbocycles. The Kier molecular flexibility index (Phi) is 5.63. The molecule has 2 aliphatic heterocycles. The molecular weight excluding hydrogens is 527 g/mol. The number of carbonyl (C=O) groups is 2. The summed E-state index contributed by atoms with van der Waals surface area (Å²) in [6, 6.07) is 17.6. The summed E-state index contributed by atoms with van der Waals surface area (Å²) < 4.78 is 6.46. The first-order chi connectivity index (χ1) is 15.8. The smallest absolute Gasteiger partial charge is 0.238 e. The van der Waals surface area contributed by atoms with Crippen LogP contribution in [0, 0.1) is 0 Å². The summed E-state index contributed by atoms with van der Waals surface area (Å²) in [7, 11) is 1.57. The van der Waals surface area contributed by atoms with E-state index in [2.05, 4.69) is 26.6 Å². The Morgan fingerprint density at radius 1 is 1.03 bits per heavy atom. The average Bonchev–Trinajstić information content (AvgIpc) is 3.06. The quantitative estimate of drug-likeness (QED) is 0.424. The van der Waals surface area contributed by atoms with Gasteiger partial charge >= 0.3 is 0 Å². The Balaban J connectivity index is 1.84. The first-order valence-corrected chi connectivity index (χ1v) is 11.9. The van der Waals surface area contributed by atoms with Crippen molar-refractivity contribution in [2.45, 2.75) is 23.8 Å². The van der Waals surface area contributed by atoms with Crippen LogP contribution in [0.25, 0.3) is 0 Å². The predicted molar refractivity (Wildman–Crippen MR) is 132 cm³/mol. The fourth-order valence-corrected chi connectivity index (χ4v) is 5.95. The van der Waals surface area contributed by atoms with Crippen molar-refractivity contribution in [3.05, 3.63) is 91.9 Å². The number of piperidine rings is 1. The Hall–Kier alpha value is -2.54. The number of amides is 2. The van der Waals surface area contributed by atoms with Crippen LogP contribution in [0.4, 0.5) is 5.69 Å². The van der Waals surface area contributed by atoms with Gasteiger partial charge in [0.2, 0.25) is 11.8 Å². The highest BCUT2D eigenvalue weighted by atomic mass is 79.9. The molecule has 2 aliphatic rings. The first kappa shape index (κ1) is 22.3. The highest BCUT2D eigenvalue weighted by Gasteiger charge is 2.61. The third-order valence-electron chi connectivity index (χ3n) is 6.50. The van der Waals surface area contributed by atoms with Crippen molar-refractivity contribution in [2.24, 2.45) is 0 Å². The molecule has 1 fully saturated rings. The van der Waals surface area contributed by atoms with Crippen LogP contribution < -0.4 is 15.4 Å². The predicted octanol–water partition coefficient (Wildman–Crippen LogP) is 6.00. The minimum atomic E-state index is -1.15. The van der Waals surface area contributed by atoms with E-state index in [1.54, 1.807) is 25.3 Å². The maximum absolute atomic E-state index is 14.0. The molecule has 33 heavy (non-hydrogen) atoms. The lowest BCUT2D eigenvalue weighted by Gasteiger charge is -2.46. The first-order valence-electron chi connectivity index (χ1n) is 10.3. The number of hydrogen-bond acceptors (Lipinski definition) is 3. The molecule has 5 rings (SSSR count). The number of benzene rings is 3. The monoisotopic (exact) mass is 544 g/mol. The summed E-state index contributed by atoms with van der Waals surface area (Å²) >= 11 is 16.1. The molecule has 1 spiro atoms. The molecule has 0 saturated carbocycles. The van der Waals surface area contributed by atoms with Crippen LogP contribution in [0.1, 0.15) is 35.1 Å². The number of fused-ring (bicyclic) bond motifs is 2. The SMILES string of the molecule is COc1ccc(Br)cc1[C@H]1NC(=O)C[C@@H](c2cccc(Cl)c2)[C@]12C(=O)Nc1cc(Cl)ccc12. The zero-order chi connectivity index (χ0) is 23.3. The third-order valence-corrected chi connectivity index (χ3v) is 7.47. The van der Waals surface area contributed by atoms with Crippen molar-refractivity contribution in [2.75, 3.05) is 12.4 Å². The van der Waals surface area contributed by atoms with Crippen LogP contribution in [0.5, 0.6) is 5.75 Å². The maximum Gasteiger partial charge on any atom is 0.238 e. The molecule has 2 heterocycles. The Morgan fingerprint density at radius 2 is 1.82 bits per heavy atom. The molecular formula is C25H19BrCl2N2O3. The lowest BCUT2D eigenvalue weighted by molar-refractivity contribution is -0.131. The summed E-state index contributed by atoms with van der Waals surface area (Å²) in [6.07, 6.45) is 0.128. The van der Waals surface area contributed by atoms with E-state index in [1.165, 1.54) is 0 Å². The summed E-state index contributed by atoms with van der Waals surface area (Å²) in [4.78, 5) is 27.0. The van der Waals surface area contributed by atoms with E-state index >= 15 is 0 Å². The van der Waals surface area contributed by atoms with Crippen LogP contribution in [0.15, 0.2) is 65.1 Å². The van der Waals surface area contributed by atoms with Crippen LogP contribution in [-0.2, 0) is 15.0 Å². The van der Waals surface area contributed by atoms with Gasteiger partial charge in [0.1, 0.15) is 11.2 Å². The number of hydrogen-bond donors (Lipinski definition) is 2. The summed E-state index contributed by atoms with van der Waals surface area (Å²) in [5.74, 6) is -0.268. The highest BCUT2D eigenvalue weighted by molar-refractivity contribution is 9.10. The Morgan fingerprint density at radius 3 is 2.58 bits per heavy atom. The maximum atomic E-state index is 14.0. The van der Waals surface area contributed by atoms with Gasteiger partial charge < -0.3 is 15.4 Å². The number of carbonyl (C=O) groups excluding carboxylic acids is 2. The standard InChI is InChI=1S/C25H19BrCl2N2O3/c1-33-21-8-5-14(26)10-17(21)23-25(18-7-6-16(28)11-20(18)29-24(25)32)19(12-22(31)30-23)13-3-2-4-15(27)9-13/h2-11,19,23H,12H2,1H3,(H,29,32)(H,30,31)/t19-,23+,25-/m0/s1. The Labute approximate surface area is 209 Å². The second kappa shape index (κ2) is 8.35. The van der Waals surface area contributed by atoms with E-state index in [-0.39, 0.29) is 18.2 Å². The van der Waals surface area contributed by atoms with Crippen LogP contribution in [-0.4, -0.2) is 18.9 Å². The zero-order valence-corrected chi connectivity index (χ0v) is 20.6. The van der Waals surface area contributed by atoms with Crippen molar-refractivity contribution in [1.29, 1.82) is 0 Å². The van der Waals surface area contributed by atoms with Crippen molar-refractivity contribution in [3.63, 3.8) is 0 Å². The topological polar surface area (TPSA) is 67.4 Å². The molecule has 3 atom stereocenters. The summed E-state index contributed by atoms with van der Waals surface area (Å²) in [5.41, 5.74) is 1.77. The van der Waals surface area contributed by atoms with Crippen LogP contribution in [0.2, 0.25) is 10.0 Å². The van der Waals surface area contributed by atoms with Crippen molar-refractivity contribution in [3.8, 4) is 5.75 Å². The number of nitrogens with one attached hydrogen (secondary N) is 2. The molecule has 2 amide bonds. The zero-order valence-electron chi connectivity index (χ0n) is 17.5. The van der Waals surface area contributed by atoms with E-state index in [9.17, 15) is 9.59 Å².